The molecule has 2 atom stereocenters. The molecule has 0 aliphatic carbocycles. The maximum atomic E-state index is 9.73. The molecule has 1 N–H and O–H groups in total. The molecule has 3 nitrogen and oxygen atoms in total. The summed E-state index contributed by atoms with van der Waals surface area (Å²) in [5.74, 6) is 0.230. The fourth-order valence-corrected chi connectivity index (χ4v) is 1.80. The molecule has 2 rings (SSSR count). The van der Waals surface area contributed by atoms with Gasteiger partial charge in [0.25, 0.3) is 0 Å². The van der Waals surface area contributed by atoms with Gasteiger partial charge in [0.15, 0.2) is 0 Å². The number of nitrogens with zero attached hydrogens (tertiary/aromatic N) is 1. The molecule has 14 heavy (non-hydrogen) atoms. The lowest BCUT2D eigenvalue weighted by atomic mass is 9.92. The van der Waals surface area contributed by atoms with E-state index in [1.54, 1.807) is 6.20 Å². The van der Waals surface area contributed by atoms with Gasteiger partial charge in [-0.3, -0.25) is 4.98 Å². The summed E-state index contributed by atoms with van der Waals surface area (Å²) in [6.45, 7) is 1.35. The van der Waals surface area contributed by atoms with E-state index in [0.29, 0.717) is 13.2 Å². The van der Waals surface area contributed by atoms with Crippen LogP contribution in [0.15, 0.2) is 24.5 Å². The van der Waals surface area contributed by atoms with Crippen LogP contribution in [0.1, 0.15) is 12.0 Å². The van der Waals surface area contributed by atoms with Crippen LogP contribution in [-0.4, -0.2) is 29.4 Å². The summed E-state index contributed by atoms with van der Waals surface area (Å²) >= 11 is 0. The monoisotopic (exact) mass is 193 g/mol. The number of rotatable bonds is 2. The van der Waals surface area contributed by atoms with E-state index >= 15 is 0 Å². The second-order valence-corrected chi connectivity index (χ2v) is 3.76. The van der Waals surface area contributed by atoms with Crippen LogP contribution in [-0.2, 0) is 11.2 Å². The maximum absolute atomic E-state index is 9.73. The zero-order valence-corrected chi connectivity index (χ0v) is 8.10. The molecule has 1 aromatic rings. The van der Waals surface area contributed by atoms with E-state index in [2.05, 4.69) is 4.98 Å². The van der Waals surface area contributed by atoms with E-state index in [4.69, 9.17) is 4.74 Å². The fourth-order valence-electron chi connectivity index (χ4n) is 1.80. The molecule has 2 heterocycles. The molecule has 3 heteroatoms. The smallest absolute Gasteiger partial charge is 0.0615 e. The SMILES string of the molecule is OC1CCOCC1Cc1cccnc1. The molecule has 1 aliphatic heterocycles. The summed E-state index contributed by atoms with van der Waals surface area (Å²) in [4.78, 5) is 4.05. The molecule has 1 aliphatic rings. The van der Waals surface area contributed by atoms with E-state index in [-0.39, 0.29) is 12.0 Å². The van der Waals surface area contributed by atoms with Crippen LogP contribution in [0.2, 0.25) is 0 Å². The highest BCUT2D eigenvalue weighted by Crippen LogP contribution is 2.18. The summed E-state index contributed by atoms with van der Waals surface area (Å²) < 4.78 is 5.34. The number of hydrogen-bond donors (Lipinski definition) is 1. The van der Waals surface area contributed by atoms with Crippen LogP contribution in [0.3, 0.4) is 0 Å². The standard InChI is InChI=1S/C11H15NO2/c13-11-3-5-14-8-10(11)6-9-2-1-4-12-7-9/h1-2,4,7,10-11,13H,3,5-6,8H2. The van der Waals surface area contributed by atoms with Crippen molar-refractivity contribution >= 4 is 0 Å². The fraction of sp³-hybridized carbons (Fsp3) is 0.545. The van der Waals surface area contributed by atoms with Gasteiger partial charge in [-0.05, 0) is 24.5 Å². The first-order chi connectivity index (χ1) is 6.86. The minimum atomic E-state index is -0.219. The zero-order chi connectivity index (χ0) is 9.80. The highest BCUT2D eigenvalue weighted by molar-refractivity contribution is 5.09. The normalized spacial score (nSPS) is 27.5. The number of aromatic nitrogens is 1. The molecular weight excluding hydrogens is 178 g/mol. The van der Waals surface area contributed by atoms with Crippen LogP contribution in [0.25, 0.3) is 0 Å². The molecule has 0 saturated carbocycles. The third-order valence-corrected chi connectivity index (χ3v) is 2.65. The Balaban J connectivity index is 1.96. The van der Waals surface area contributed by atoms with Gasteiger partial charge in [0.05, 0.1) is 12.7 Å². The van der Waals surface area contributed by atoms with Crippen molar-refractivity contribution in [1.82, 2.24) is 4.98 Å². The Hall–Kier alpha value is -0.930. The van der Waals surface area contributed by atoms with Crippen molar-refractivity contribution in [2.45, 2.75) is 18.9 Å². The predicted molar refractivity (Wildman–Crippen MR) is 52.9 cm³/mol. The van der Waals surface area contributed by atoms with Crippen molar-refractivity contribution in [2.24, 2.45) is 5.92 Å². The number of ether oxygens (including phenoxy) is 1. The Morgan fingerprint density at radius 1 is 1.57 bits per heavy atom. The molecule has 1 fully saturated rings. The number of hydrogen-bond acceptors (Lipinski definition) is 3. The molecule has 1 saturated heterocycles. The van der Waals surface area contributed by atoms with Crippen molar-refractivity contribution in [3.05, 3.63) is 30.1 Å². The summed E-state index contributed by atoms with van der Waals surface area (Å²) in [5.41, 5.74) is 1.17. The molecular formula is C11H15NO2. The molecule has 0 radical (unpaired) electrons. The Kier molecular flexibility index (Phi) is 3.11. The number of aliphatic hydroxyl groups excluding tert-OH is 1. The zero-order valence-electron chi connectivity index (χ0n) is 8.10. The molecule has 0 aromatic carbocycles. The van der Waals surface area contributed by atoms with Gasteiger partial charge >= 0.3 is 0 Å². The summed E-state index contributed by atoms with van der Waals surface area (Å²) in [7, 11) is 0. The second-order valence-electron chi connectivity index (χ2n) is 3.76. The maximum Gasteiger partial charge on any atom is 0.0615 e. The lowest BCUT2D eigenvalue weighted by Gasteiger charge is -2.27. The molecule has 0 spiro atoms. The van der Waals surface area contributed by atoms with E-state index in [1.165, 1.54) is 5.56 Å². The summed E-state index contributed by atoms with van der Waals surface area (Å²) in [6.07, 6.45) is 5.00. The second kappa shape index (κ2) is 4.53. The van der Waals surface area contributed by atoms with E-state index in [9.17, 15) is 5.11 Å². The highest BCUT2D eigenvalue weighted by atomic mass is 16.5. The average molecular weight is 193 g/mol. The molecule has 0 amide bonds. The van der Waals surface area contributed by atoms with Gasteiger partial charge in [0.1, 0.15) is 0 Å². The molecule has 0 bridgehead atoms. The lowest BCUT2D eigenvalue weighted by Crippen LogP contribution is -2.33. The molecule has 76 valence electrons. The minimum Gasteiger partial charge on any atom is -0.393 e. The summed E-state index contributed by atoms with van der Waals surface area (Å²) in [6, 6.07) is 3.96. The van der Waals surface area contributed by atoms with Crippen molar-refractivity contribution in [2.75, 3.05) is 13.2 Å². The first kappa shape index (κ1) is 9.62. The topological polar surface area (TPSA) is 42.4 Å². The minimum absolute atomic E-state index is 0.219. The van der Waals surface area contributed by atoms with Crippen LogP contribution in [0, 0.1) is 5.92 Å². The van der Waals surface area contributed by atoms with E-state index < -0.39 is 0 Å². The van der Waals surface area contributed by atoms with Crippen molar-refractivity contribution in [3.63, 3.8) is 0 Å². The van der Waals surface area contributed by atoms with Gasteiger partial charge in [-0.25, -0.2) is 0 Å². The third kappa shape index (κ3) is 2.30. The number of aliphatic hydroxyl groups is 1. The van der Waals surface area contributed by atoms with Gasteiger partial charge < -0.3 is 9.84 Å². The van der Waals surface area contributed by atoms with Gasteiger partial charge in [-0.1, -0.05) is 6.07 Å². The van der Waals surface area contributed by atoms with E-state index in [0.717, 1.165) is 12.8 Å². The molecule has 1 aromatic heterocycles. The van der Waals surface area contributed by atoms with Gasteiger partial charge in [-0.15, -0.1) is 0 Å². The van der Waals surface area contributed by atoms with E-state index in [1.807, 2.05) is 18.3 Å². The third-order valence-electron chi connectivity index (χ3n) is 2.65. The van der Waals surface area contributed by atoms with Crippen LogP contribution < -0.4 is 0 Å². The highest BCUT2D eigenvalue weighted by Gasteiger charge is 2.23. The van der Waals surface area contributed by atoms with Crippen molar-refractivity contribution < 1.29 is 9.84 Å². The first-order valence-corrected chi connectivity index (χ1v) is 5.01. The van der Waals surface area contributed by atoms with Crippen molar-refractivity contribution in [1.29, 1.82) is 0 Å². The average Bonchev–Trinajstić information content (AvgIpc) is 2.23. The Morgan fingerprint density at radius 2 is 2.50 bits per heavy atom. The Bertz CT molecular complexity index is 276. The van der Waals surface area contributed by atoms with Gasteiger partial charge in [0, 0.05) is 24.9 Å². The first-order valence-electron chi connectivity index (χ1n) is 5.01. The van der Waals surface area contributed by atoms with Crippen LogP contribution in [0.4, 0.5) is 0 Å². The summed E-state index contributed by atoms with van der Waals surface area (Å²) in [5, 5.41) is 9.73. The quantitative estimate of drug-likeness (QED) is 0.762. The van der Waals surface area contributed by atoms with Crippen LogP contribution >= 0.6 is 0 Å². The van der Waals surface area contributed by atoms with Gasteiger partial charge in [-0.2, -0.15) is 0 Å². The Labute approximate surface area is 83.7 Å². The lowest BCUT2D eigenvalue weighted by molar-refractivity contribution is -0.0350. The van der Waals surface area contributed by atoms with Crippen LogP contribution in [0.5, 0.6) is 0 Å². The van der Waals surface area contributed by atoms with Crippen molar-refractivity contribution in [3.8, 4) is 0 Å². The largest absolute Gasteiger partial charge is 0.393 e. The number of pyridine rings is 1. The van der Waals surface area contributed by atoms with Gasteiger partial charge in [0.2, 0.25) is 0 Å². The molecule has 2 unspecified atom stereocenters. The Morgan fingerprint density at radius 3 is 3.21 bits per heavy atom. The predicted octanol–water partition coefficient (Wildman–Crippen LogP) is 1.02.